The van der Waals surface area contributed by atoms with E-state index in [1.165, 1.54) is 11.0 Å². The number of nitrogens with zero attached hydrogens (tertiary/aromatic N) is 1. The zero-order valence-electron chi connectivity index (χ0n) is 8.75. The SMILES string of the molecule is C=CC(=O)NC1CCCc2nc(C)sc21. The summed E-state index contributed by atoms with van der Waals surface area (Å²) in [6, 6.07) is 0.144. The summed E-state index contributed by atoms with van der Waals surface area (Å²) in [5, 5.41) is 4.03. The molecule has 1 aromatic rings. The highest BCUT2D eigenvalue weighted by atomic mass is 32.1. The van der Waals surface area contributed by atoms with E-state index >= 15 is 0 Å². The molecule has 2 rings (SSSR count). The smallest absolute Gasteiger partial charge is 0.243 e. The Bertz CT molecular complexity index is 397. The lowest BCUT2D eigenvalue weighted by molar-refractivity contribution is -0.117. The normalized spacial score (nSPS) is 19.4. The minimum absolute atomic E-state index is 0.0982. The van der Waals surface area contributed by atoms with Crippen LogP contribution in [0.25, 0.3) is 0 Å². The van der Waals surface area contributed by atoms with E-state index in [9.17, 15) is 4.79 Å². The van der Waals surface area contributed by atoms with Crippen LogP contribution < -0.4 is 5.32 Å². The Morgan fingerprint density at radius 3 is 3.27 bits per heavy atom. The van der Waals surface area contributed by atoms with Crippen LogP contribution in [0.2, 0.25) is 0 Å². The van der Waals surface area contributed by atoms with Gasteiger partial charge in [0.1, 0.15) is 0 Å². The van der Waals surface area contributed by atoms with Crippen molar-refractivity contribution in [2.45, 2.75) is 32.2 Å². The van der Waals surface area contributed by atoms with E-state index in [4.69, 9.17) is 0 Å². The monoisotopic (exact) mass is 222 g/mol. The van der Waals surface area contributed by atoms with Gasteiger partial charge in [0.2, 0.25) is 5.91 Å². The molecule has 1 N–H and O–H groups in total. The molecule has 0 aromatic carbocycles. The molecular weight excluding hydrogens is 208 g/mol. The zero-order valence-corrected chi connectivity index (χ0v) is 9.56. The molecule has 1 amide bonds. The molecule has 1 aliphatic carbocycles. The highest BCUT2D eigenvalue weighted by molar-refractivity contribution is 7.11. The van der Waals surface area contributed by atoms with Gasteiger partial charge in [-0.25, -0.2) is 4.98 Å². The second-order valence-corrected chi connectivity index (χ2v) is 4.94. The largest absolute Gasteiger partial charge is 0.345 e. The Morgan fingerprint density at radius 2 is 2.53 bits per heavy atom. The second-order valence-electron chi connectivity index (χ2n) is 3.70. The number of fused-ring (bicyclic) bond motifs is 1. The maximum Gasteiger partial charge on any atom is 0.243 e. The van der Waals surface area contributed by atoms with E-state index in [1.54, 1.807) is 11.3 Å². The Morgan fingerprint density at radius 1 is 1.73 bits per heavy atom. The quantitative estimate of drug-likeness (QED) is 0.779. The van der Waals surface area contributed by atoms with Crippen molar-refractivity contribution in [3.8, 4) is 0 Å². The summed E-state index contributed by atoms with van der Waals surface area (Å²) in [5.74, 6) is -0.0982. The molecule has 0 radical (unpaired) electrons. The molecule has 4 heteroatoms. The van der Waals surface area contributed by atoms with Gasteiger partial charge < -0.3 is 5.32 Å². The first-order valence-corrected chi connectivity index (χ1v) is 5.91. The number of rotatable bonds is 2. The number of carbonyl (C=O) groups is 1. The van der Waals surface area contributed by atoms with Crippen molar-refractivity contribution in [3.63, 3.8) is 0 Å². The lowest BCUT2D eigenvalue weighted by Crippen LogP contribution is -2.28. The molecule has 80 valence electrons. The van der Waals surface area contributed by atoms with Gasteiger partial charge in [-0.1, -0.05) is 6.58 Å². The van der Waals surface area contributed by atoms with Gasteiger partial charge >= 0.3 is 0 Å². The zero-order chi connectivity index (χ0) is 10.8. The molecule has 1 heterocycles. The molecular formula is C11H14N2OS. The van der Waals surface area contributed by atoms with Gasteiger partial charge in [0, 0.05) is 0 Å². The van der Waals surface area contributed by atoms with E-state index < -0.39 is 0 Å². The summed E-state index contributed by atoms with van der Waals surface area (Å²) in [4.78, 5) is 17.0. The number of hydrogen-bond acceptors (Lipinski definition) is 3. The Labute approximate surface area is 93.2 Å². The molecule has 0 saturated heterocycles. The van der Waals surface area contributed by atoms with Crippen LogP contribution in [-0.4, -0.2) is 10.9 Å². The third-order valence-corrected chi connectivity index (χ3v) is 3.69. The highest BCUT2D eigenvalue weighted by Gasteiger charge is 2.24. The minimum Gasteiger partial charge on any atom is -0.345 e. The van der Waals surface area contributed by atoms with Crippen LogP contribution in [0, 0.1) is 6.92 Å². The van der Waals surface area contributed by atoms with Crippen molar-refractivity contribution in [1.82, 2.24) is 10.3 Å². The molecule has 0 spiro atoms. The molecule has 1 aromatic heterocycles. The predicted molar refractivity (Wildman–Crippen MR) is 60.9 cm³/mol. The molecule has 1 aliphatic rings. The number of aryl methyl sites for hydroxylation is 2. The average molecular weight is 222 g/mol. The maximum absolute atomic E-state index is 11.3. The Kier molecular flexibility index (Phi) is 2.86. The molecule has 1 atom stereocenters. The van der Waals surface area contributed by atoms with E-state index in [2.05, 4.69) is 16.9 Å². The van der Waals surface area contributed by atoms with Gasteiger partial charge in [0.05, 0.1) is 21.6 Å². The van der Waals surface area contributed by atoms with Crippen molar-refractivity contribution in [3.05, 3.63) is 28.2 Å². The highest BCUT2D eigenvalue weighted by Crippen LogP contribution is 2.33. The molecule has 1 unspecified atom stereocenters. The van der Waals surface area contributed by atoms with Gasteiger partial charge in [0.25, 0.3) is 0 Å². The van der Waals surface area contributed by atoms with Gasteiger partial charge in [0.15, 0.2) is 0 Å². The topological polar surface area (TPSA) is 42.0 Å². The number of amides is 1. The Hall–Kier alpha value is -1.16. The molecule has 15 heavy (non-hydrogen) atoms. The summed E-state index contributed by atoms with van der Waals surface area (Å²) in [6.07, 6.45) is 4.47. The molecule has 3 nitrogen and oxygen atoms in total. The van der Waals surface area contributed by atoms with E-state index in [-0.39, 0.29) is 11.9 Å². The Balaban J connectivity index is 2.21. The van der Waals surface area contributed by atoms with Crippen molar-refractivity contribution in [2.24, 2.45) is 0 Å². The first-order chi connectivity index (χ1) is 7.20. The first-order valence-electron chi connectivity index (χ1n) is 5.10. The van der Waals surface area contributed by atoms with Crippen LogP contribution in [0.15, 0.2) is 12.7 Å². The number of thiazole rings is 1. The van der Waals surface area contributed by atoms with E-state index in [0.717, 1.165) is 30.0 Å². The van der Waals surface area contributed by atoms with Crippen molar-refractivity contribution >= 4 is 17.2 Å². The van der Waals surface area contributed by atoms with Crippen LogP contribution in [-0.2, 0) is 11.2 Å². The summed E-state index contributed by atoms with van der Waals surface area (Å²) in [5.41, 5.74) is 1.16. The number of carbonyl (C=O) groups excluding carboxylic acids is 1. The van der Waals surface area contributed by atoms with Crippen molar-refractivity contribution in [1.29, 1.82) is 0 Å². The first kappa shape index (κ1) is 10.4. The summed E-state index contributed by atoms with van der Waals surface area (Å²) >= 11 is 1.69. The van der Waals surface area contributed by atoms with Crippen LogP contribution in [0.1, 0.15) is 34.5 Å². The van der Waals surface area contributed by atoms with Crippen LogP contribution in [0.3, 0.4) is 0 Å². The second kappa shape index (κ2) is 4.14. The fourth-order valence-corrected chi connectivity index (χ4v) is 2.97. The number of aromatic nitrogens is 1. The summed E-state index contributed by atoms with van der Waals surface area (Å²) < 4.78 is 0. The third-order valence-electron chi connectivity index (χ3n) is 2.56. The molecule has 0 saturated carbocycles. The van der Waals surface area contributed by atoms with Crippen molar-refractivity contribution < 1.29 is 4.79 Å². The molecule has 0 fully saturated rings. The van der Waals surface area contributed by atoms with E-state index in [0.29, 0.717) is 0 Å². The van der Waals surface area contributed by atoms with Gasteiger partial charge in [-0.2, -0.15) is 0 Å². The lowest BCUT2D eigenvalue weighted by Gasteiger charge is -2.21. The van der Waals surface area contributed by atoms with Crippen LogP contribution in [0.5, 0.6) is 0 Å². The molecule has 0 aliphatic heterocycles. The maximum atomic E-state index is 11.3. The average Bonchev–Trinajstić information content (AvgIpc) is 2.59. The predicted octanol–water partition coefficient (Wildman–Crippen LogP) is 2.13. The van der Waals surface area contributed by atoms with Crippen LogP contribution in [0.4, 0.5) is 0 Å². The van der Waals surface area contributed by atoms with Gasteiger partial charge in [-0.3, -0.25) is 4.79 Å². The van der Waals surface area contributed by atoms with Gasteiger partial charge in [-0.05, 0) is 32.3 Å². The minimum atomic E-state index is -0.0982. The summed E-state index contributed by atoms with van der Waals surface area (Å²) in [7, 11) is 0. The fourth-order valence-electron chi connectivity index (χ4n) is 1.91. The molecule has 0 bridgehead atoms. The van der Waals surface area contributed by atoms with Crippen LogP contribution >= 0.6 is 11.3 Å². The third kappa shape index (κ3) is 2.09. The number of nitrogens with one attached hydrogen (secondary N) is 1. The fraction of sp³-hybridized carbons (Fsp3) is 0.455. The standard InChI is InChI=1S/C11H14N2OS/c1-3-10(14)13-9-6-4-5-8-11(9)15-7(2)12-8/h3,9H,1,4-6H2,2H3,(H,13,14). The van der Waals surface area contributed by atoms with Gasteiger partial charge in [-0.15, -0.1) is 11.3 Å². The lowest BCUT2D eigenvalue weighted by atomic mass is 9.98. The van der Waals surface area contributed by atoms with E-state index in [1.807, 2.05) is 6.92 Å². The van der Waals surface area contributed by atoms with Crippen molar-refractivity contribution in [2.75, 3.05) is 0 Å². The summed E-state index contributed by atoms with van der Waals surface area (Å²) in [6.45, 7) is 5.47. The number of hydrogen-bond donors (Lipinski definition) is 1.